The lowest BCUT2D eigenvalue weighted by Gasteiger charge is -2.33. The van der Waals surface area contributed by atoms with E-state index in [0.717, 1.165) is 12.8 Å². The zero-order valence-corrected chi connectivity index (χ0v) is 29.6. The van der Waals surface area contributed by atoms with Gasteiger partial charge in [-0.2, -0.15) is 0 Å². The van der Waals surface area contributed by atoms with Crippen LogP contribution in [0, 0.1) is 5.41 Å². The monoisotopic (exact) mass is 596 g/mol. The molecule has 0 fully saturated rings. The molecule has 0 aromatic heterocycles. The van der Waals surface area contributed by atoms with Gasteiger partial charge >= 0.3 is 0 Å². The fourth-order valence-electron chi connectivity index (χ4n) is 7.28. The molecule has 2 heteroatoms. The average molecular weight is 597 g/mol. The standard InChI is InChI=1S/C41H48Si2/c1-9-24-41(2,33-25-31-12-10-14-37(39(31)27-33)29-16-20-35(21-17-29)42(3,4)5)34-26-32-13-11-15-38(40(32)28-34)30-18-22-36(23-19-30)43(6,7)8/h10-23,27-28H,9,24-26H2,1-8H3. The number of hydrogen-bond acceptors (Lipinski definition) is 0. The molecule has 0 unspecified atom stereocenters. The molecule has 0 nitrogen and oxygen atoms in total. The maximum atomic E-state index is 2.56. The molecule has 0 heterocycles. The Hall–Kier alpha value is -3.21. The Kier molecular flexibility index (Phi) is 7.67. The highest BCUT2D eigenvalue weighted by Crippen LogP contribution is 2.51. The van der Waals surface area contributed by atoms with Crippen LogP contribution in [0.5, 0.6) is 0 Å². The highest BCUT2D eigenvalue weighted by Gasteiger charge is 2.37. The maximum absolute atomic E-state index is 2.56. The van der Waals surface area contributed by atoms with Gasteiger partial charge < -0.3 is 0 Å². The van der Waals surface area contributed by atoms with Gasteiger partial charge in [-0.05, 0) is 63.8 Å². The first-order valence-corrected chi connectivity index (χ1v) is 23.3. The number of fused-ring (bicyclic) bond motifs is 2. The van der Waals surface area contributed by atoms with Crippen molar-refractivity contribution in [2.45, 2.75) is 78.8 Å². The predicted molar refractivity (Wildman–Crippen MR) is 196 cm³/mol. The van der Waals surface area contributed by atoms with Crippen LogP contribution in [0.2, 0.25) is 39.3 Å². The lowest BCUT2D eigenvalue weighted by atomic mass is 9.71. The minimum atomic E-state index is -1.32. The topological polar surface area (TPSA) is 0 Å². The maximum Gasteiger partial charge on any atom is 0.0775 e. The number of benzene rings is 4. The summed E-state index contributed by atoms with van der Waals surface area (Å²) in [5, 5.41) is 3.05. The summed E-state index contributed by atoms with van der Waals surface area (Å²) in [5.74, 6) is 0. The molecular formula is C41H48Si2. The van der Waals surface area contributed by atoms with Gasteiger partial charge in [0, 0.05) is 5.41 Å². The van der Waals surface area contributed by atoms with Gasteiger partial charge in [-0.15, -0.1) is 0 Å². The van der Waals surface area contributed by atoms with Gasteiger partial charge in [0.2, 0.25) is 0 Å². The fraction of sp³-hybridized carbons (Fsp3) is 0.317. The molecule has 2 aliphatic rings. The van der Waals surface area contributed by atoms with E-state index in [1.165, 1.54) is 67.7 Å². The van der Waals surface area contributed by atoms with E-state index in [-0.39, 0.29) is 5.41 Å². The molecule has 0 amide bonds. The Morgan fingerprint density at radius 3 is 1.30 bits per heavy atom. The third kappa shape index (κ3) is 5.61. The molecule has 0 bridgehead atoms. The molecule has 2 aliphatic carbocycles. The fourth-order valence-corrected chi connectivity index (χ4v) is 9.61. The highest BCUT2D eigenvalue weighted by molar-refractivity contribution is 6.89. The molecule has 0 atom stereocenters. The van der Waals surface area contributed by atoms with Crippen molar-refractivity contribution in [3.05, 3.63) is 118 Å². The minimum absolute atomic E-state index is 0.0463. The van der Waals surface area contributed by atoms with Crippen molar-refractivity contribution in [3.8, 4) is 22.3 Å². The van der Waals surface area contributed by atoms with Crippen molar-refractivity contribution in [1.29, 1.82) is 0 Å². The summed E-state index contributed by atoms with van der Waals surface area (Å²) in [6.45, 7) is 19.4. The predicted octanol–water partition coefficient (Wildman–Crippen LogP) is 10.5. The Morgan fingerprint density at radius 1 is 0.558 bits per heavy atom. The van der Waals surface area contributed by atoms with E-state index < -0.39 is 16.1 Å². The minimum Gasteiger partial charge on any atom is -0.0656 e. The van der Waals surface area contributed by atoms with E-state index in [4.69, 9.17) is 0 Å². The van der Waals surface area contributed by atoms with Crippen LogP contribution in [0.3, 0.4) is 0 Å². The van der Waals surface area contributed by atoms with Gasteiger partial charge in [0.1, 0.15) is 0 Å². The number of rotatable bonds is 8. The molecular weight excluding hydrogens is 549 g/mol. The summed E-state index contributed by atoms with van der Waals surface area (Å²) in [5.41, 5.74) is 14.4. The van der Waals surface area contributed by atoms with Crippen molar-refractivity contribution >= 4 is 38.7 Å². The largest absolute Gasteiger partial charge is 0.0775 e. The molecule has 43 heavy (non-hydrogen) atoms. The van der Waals surface area contributed by atoms with E-state index in [2.05, 4.69) is 150 Å². The molecule has 4 aromatic rings. The summed E-state index contributed by atoms with van der Waals surface area (Å²) in [6.07, 6.45) is 9.57. The van der Waals surface area contributed by atoms with Gasteiger partial charge in [-0.3, -0.25) is 0 Å². The SMILES string of the molecule is CCCC(C)(C1=Cc2c(cccc2-c2ccc([Si](C)(C)C)cc2)C1)C1=Cc2c(cccc2-c2ccc([Si](C)(C)C)cc2)C1. The summed E-state index contributed by atoms with van der Waals surface area (Å²) >= 11 is 0. The quantitative estimate of drug-likeness (QED) is 0.178. The normalized spacial score (nSPS) is 14.8. The Morgan fingerprint density at radius 2 is 0.953 bits per heavy atom. The smallest absolute Gasteiger partial charge is 0.0656 e. The van der Waals surface area contributed by atoms with Crippen LogP contribution in [0.4, 0.5) is 0 Å². The highest BCUT2D eigenvalue weighted by atomic mass is 28.3. The van der Waals surface area contributed by atoms with Crippen LogP contribution < -0.4 is 10.4 Å². The van der Waals surface area contributed by atoms with Gasteiger partial charge in [0.05, 0.1) is 16.1 Å². The second kappa shape index (κ2) is 11.1. The van der Waals surface area contributed by atoms with Crippen molar-refractivity contribution in [1.82, 2.24) is 0 Å². The first-order valence-electron chi connectivity index (χ1n) is 16.3. The van der Waals surface area contributed by atoms with E-state index in [9.17, 15) is 0 Å². The Labute approximate surface area is 262 Å². The molecule has 220 valence electrons. The summed E-state index contributed by atoms with van der Waals surface area (Å²) in [6, 6.07) is 32.8. The van der Waals surface area contributed by atoms with Crippen LogP contribution in [0.15, 0.2) is 96.1 Å². The zero-order chi connectivity index (χ0) is 30.6. The third-order valence-electron chi connectivity index (χ3n) is 10.1. The molecule has 0 N–H and O–H groups in total. The van der Waals surface area contributed by atoms with E-state index in [1.807, 2.05) is 0 Å². The molecule has 0 aliphatic heterocycles. The summed E-state index contributed by atoms with van der Waals surface area (Å²) < 4.78 is 0. The van der Waals surface area contributed by atoms with Crippen molar-refractivity contribution < 1.29 is 0 Å². The van der Waals surface area contributed by atoms with Crippen LogP contribution in [0.1, 0.15) is 48.9 Å². The summed E-state index contributed by atoms with van der Waals surface area (Å²) in [4.78, 5) is 0. The average Bonchev–Trinajstić information content (AvgIpc) is 3.62. The van der Waals surface area contributed by atoms with Gasteiger partial charge in [-0.1, -0.05) is 178 Å². The zero-order valence-electron chi connectivity index (χ0n) is 27.6. The van der Waals surface area contributed by atoms with Gasteiger partial charge in [0.15, 0.2) is 0 Å². The number of hydrogen-bond donors (Lipinski definition) is 0. The molecule has 0 saturated carbocycles. The van der Waals surface area contributed by atoms with Crippen molar-refractivity contribution in [2.75, 3.05) is 0 Å². The van der Waals surface area contributed by atoms with Crippen LogP contribution in [0.25, 0.3) is 34.4 Å². The van der Waals surface area contributed by atoms with Crippen LogP contribution in [-0.4, -0.2) is 16.1 Å². The van der Waals surface area contributed by atoms with Crippen molar-refractivity contribution in [2.24, 2.45) is 5.41 Å². The summed E-state index contributed by atoms with van der Waals surface area (Å²) in [7, 11) is -2.64. The van der Waals surface area contributed by atoms with E-state index in [1.54, 1.807) is 11.1 Å². The third-order valence-corrected chi connectivity index (χ3v) is 14.2. The van der Waals surface area contributed by atoms with E-state index in [0.29, 0.717) is 0 Å². The Balaban J connectivity index is 1.36. The molecule has 0 spiro atoms. The lowest BCUT2D eigenvalue weighted by Crippen LogP contribution is -2.37. The van der Waals surface area contributed by atoms with Gasteiger partial charge in [-0.25, -0.2) is 0 Å². The second-order valence-electron chi connectivity index (χ2n) is 15.2. The van der Waals surface area contributed by atoms with Gasteiger partial charge in [0.25, 0.3) is 0 Å². The first kappa shape index (κ1) is 29.8. The molecule has 6 rings (SSSR count). The van der Waals surface area contributed by atoms with Crippen molar-refractivity contribution in [3.63, 3.8) is 0 Å². The number of allylic oxidation sites excluding steroid dienone is 2. The van der Waals surface area contributed by atoms with Crippen LogP contribution in [-0.2, 0) is 12.8 Å². The lowest BCUT2D eigenvalue weighted by molar-refractivity contribution is 0.424. The second-order valence-corrected chi connectivity index (χ2v) is 25.3. The Bertz CT molecular complexity index is 1590. The van der Waals surface area contributed by atoms with E-state index >= 15 is 0 Å². The first-order chi connectivity index (χ1) is 20.4. The molecule has 0 radical (unpaired) electrons. The van der Waals surface area contributed by atoms with Crippen LogP contribution >= 0.6 is 0 Å². The molecule has 4 aromatic carbocycles. The molecule has 0 saturated heterocycles.